The average molecular weight is 267 g/mol. The van der Waals surface area contributed by atoms with Crippen molar-refractivity contribution in [3.8, 4) is 0 Å². The molecule has 1 aromatic rings. The molecule has 0 saturated heterocycles. The first-order valence-electron chi connectivity index (χ1n) is 4.81. The number of rotatable bonds is 3. The molecule has 0 amide bonds. The predicted octanol–water partition coefficient (Wildman–Crippen LogP) is 2.02. The Bertz CT molecular complexity index is 398. The van der Waals surface area contributed by atoms with Crippen LogP contribution in [0.3, 0.4) is 0 Å². The Kier molecular flexibility index (Phi) is 3.16. The lowest BCUT2D eigenvalue weighted by molar-refractivity contribution is 0.1000. The van der Waals surface area contributed by atoms with Crippen molar-refractivity contribution in [1.82, 2.24) is 5.32 Å². The quantitative estimate of drug-likeness (QED) is 0.851. The summed E-state index contributed by atoms with van der Waals surface area (Å²) >= 11 is 3.34. The Balaban J connectivity index is 2.04. The van der Waals surface area contributed by atoms with E-state index in [4.69, 9.17) is 0 Å². The number of Topliss-reactive ketones (excluding diaryl/α,β-unsaturated/α-hetero) is 1. The summed E-state index contributed by atoms with van der Waals surface area (Å²) in [5.41, 5.74) is 0.731. The number of nitrogens with zero attached hydrogens (tertiary/aromatic N) is 1. The molecule has 1 aromatic carbocycles. The van der Waals surface area contributed by atoms with Crippen molar-refractivity contribution in [1.29, 1.82) is 0 Å². The second kappa shape index (κ2) is 4.57. The Labute approximate surface area is 96.7 Å². The Hall–Kier alpha value is -1.16. The minimum absolute atomic E-state index is 0.107. The zero-order valence-electron chi connectivity index (χ0n) is 8.16. The third kappa shape index (κ3) is 2.65. The maximum atomic E-state index is 11.8. The third-order valence-electron chi connectivity index (χ3n) is 2.24. The monoisotopic (exact) mass is 266 g/mol. The molecule has 78 valence electrons. The van der Waals surface area contributed by atoms with E-state index in [-0.39, 0.29) is 5.78 Å². The summed E-state index contributed by atoms with van der Waals surface area (Å²) in [6, 6.07) is 7.39. The van der Waals surface area contributed by atoms with Crippen LogP contribution >= 0.6 is 15.9 Å². The molecule has 0 aromatic heterocycles. The summed E-state index contributed by atoms with van der Waals surface area (Å²) in [7, 11) is 0. The summed E-state index contributed by atoms with van der Waals surface area (Å²) in [5, 5.41) is 3.09. The minimum atomic E-state index is 0.107. The first kappa shape index (κ1) is 10.4. The SMILES string of the molecule is O=C(CC1=NCCN1)c1ccc(Br)cc1. The maximum absolute atomic E-state index is 11.8. The van der Waals surface area contributed by atoms with Crippen molar-refractivity contribution >= 4 is 27.5 Å². The lowest BCUT2D eigenvalue weighted by Gasteiger charge is -2.02. The van der Waals surface area contributed by atoms with Crippen LogP contribution in [0, 0.1) is 0 Å². The van der Waals surface area contributed by atoms with Gasteiger partial charge in [-0.15, -0.1) is 0 Å². The number of nitrogens with one attached hydrogen (secondary N) is 1. The van der Waals surface area contributed by atoms with E-state index in [1.54, 1.807) is 0 Å². The molecule has 0 spiro atoms. The number of hydrogen-bond acceptors (Lipinski definition) is 3. The van der Waals surface area contributed by atoms with Crippen LogP contribution in [0.15, 0.2) is 33.7 Å². The summed E-state index contributed by atoms with van der Waals surface area (Å²) in [4.78, 5) is 16.0. The smallest absolute Gasteiger partial charge is 0.170 e. The van der Waals surface area contributed by atoms with Gasteiger partial charge in [-0.05, 0) is 12.1 Å². The highest BCUT2D eigenvalue weighted by atomic mass is 79.9. The molecule has 0 atom stereocenters. The average Bonchev–Trinajstić information content (AvgIpc) is 2.71. The summed E-state index contributed by atoms with van der Waals surface area (Å²) < 4.78 is 0.982. The van der Waals surface area contributed by atoms with Gasteiger partial charge in [-0.1, -0.05) is 28.1 Å². The first-order valence-corrected chi connectivity index (χ1v) is 5.61. The number of amidine groups is 1. The number of aliphatic imine (C=N–C) groups is 1. The normalized spacial score (nSPS) is 14.6. The van der Waals surface area contributed by atoms with Crippen LogP contribution in [-0.4, -0.2) is 24.7 Å². The van der Waals surface area contributed by atoms with Gasteiger partial charge in [0.25, 0.3) is 0 Å². The van der Waals surface area contributed by atoms with Gasteiger partial charge in [0.2, 0.25) is 0 Å². The molecule has 1 N–H and O–H groups in total. The van der Waals surface area contributed by atoms with E-state index in [0.29, 0.717) is 6.42 Å². The van der Waals surface area contributed by atoms with Gasteiger partial charge in [0.05, 0.1) is 13.0 Å². The summed E-state index contributed by atoms with van der Waals surface area (Å²) in [6.07, 6.45) is 0.377. The number of hydrogen-bond donors (Lipinski definition) is 1. The van der Waals surface area contributed by atoms with E-state index in [9.17, 15) is 4.79 Å². The third-order valence-corrected chi connectivity index (χ3v) is 2.77. The van der Waals surface area contributed by atoms with Crippen LogP contribution < -0.4 is 5.32 Å². The fraction of sp³-hybridized carbons (Fsp3) is 0.273. The van der Waals surface area contributed by atoms with Crippen LogP contribution in [0.2, 0.25) is 0 Å². The molecule has 0 bridgehead atoms. The molecule has 4 heteroatoms. The van der Waals surface area contributed by atoms with Crippen LogP contribution in [0.25, 0.3) is 0 Å². The Morgan fingerprint density at radius 3 is 2.73 bits per heavy atom. The fourth-order valence-electron chi connectivity index (χ4n) is 1.46. The molecule has 3 nitrogen and oxygen atoms in total. The van der Waals surface area contributed by atoms with Crippen LogP contribution in [0.4, 0.5) is 0 Å². The van der Waals surface area contributed by atoms with Gasteiger partial charge in [-0.3, -0.25) is 9.79 Å². The Morgan fingerprint density at radius 1 is 1.40 bits per heavy atom. The van der Waals surface area contributed by atoms with Crippen molar-refractivity contribution in [2.24, 2.45) is 4.99 Å². The van der Waals surface area contributed by atoms with Crippen molar-refractivity contribution in [2.75, 3.05) is 13.1 Å². The molecular formula is C11H11BrN2O. The highest BCUT2D eigenvalue weighted by Gasteiger charge is 2.12. The van der Waals surface area contributed by atoms with E-state index in [0.717, 1.165) is 29.0 Å². The molecule has 15 heavy (non-hydrogen) atoms. The standard InChI is InChI=1S/C11H11BrN2O/c12-9-3-1-8(2-4-9)10(15)7-11-13-5-6-14-11/h1-4H,5-7H2,(H,13,14). The molecule has 0 radical (unpaired) electrons. The molecule has 1 heterocycles. The van der Waals surface area contributed by atoms with Crippen molar-refractivity contribution in [3.05, 3.63) is 34.3 Å². The molecule has 1 aliphatic rings. The van der Waals surface area contributed by atoms with Gasteiger partial charge in [0.15, 0.2) is 5.78 Å². The second-order valence-electron chi connectivity index (χ2n) is 3.36. The largest absolute Gasteiger partial charge is 0.372 e. The van der Waals surface area contributed by atoms with E-state index in [2.05, 4.69) is 26.2 Å². The number of ketones is 1. The summed E-state index contributed by atoms with van der Waals surface area (Å²) in [6.45, 7) is 1.63. The van der Waals surface area contributed by atoms with Gasteiger partial charge in [0.1, 0.15) is 5.84 Å². The van der Waals surface area contributed by atoms with E-state index in [1.807, 2.05) is 24.3 Å². The highest BCUT2D eigenvalue weighted by molar-refractivity contribution is 9.10. The number of halogens is 1. The molecule has 2 rings (SSSR count). The van der Waals surface area contributed by atoms with E-state index in [1.165, 1.54) is 0 Å². The van der Waals surface area contributed by atoms with Gasteiger partial charge in [-0.25, -0.2) is 0 Å². The summed E-state index contributed by atoms with van der Waals surface area (Å²) in [5.74, 6) is 0.915. The maximum Gasteiger partial charge on any atom is 0.170 e. The van der Waals surface area contributed by atoms with Gasteiger partial charge >= 0.3 is 0 Å². The highest BCUT2D eigenvalue weighted by Crippen LogP contribution is 2.12. The fourth-order valence-corrected chi connectivity index (χ4v) is 1.72. The Morgan fingerprint density at radius 2 is 2.13 bits per heavy atom. The molecular weight excluding hydrogens is 256 g/mol. The molecule has 0 aliphatic carbocycles. The molecule has 0 fully saturated rings. The van der Waals surface area contributed by atoms with E-state index >= 15 is 0 Å². The lowest BCUT2D eigenvalue weighted by atomic mass is 10.1. The molecule has 0 unspecified atom stereocenters. The predicted molar refractivity (Wildman–Crippen MR) is 63.4 cm³/mol. The molecule has 1 aliphatic heterocycles. The first-order chi connectivity index (χ1) is 7.25. The van der Waals surface area contributed by atoms with Crippen LogP contribution in [0.5, 0.6) is 0 Å². The zero-order valence-corrected chi connectivity index (χ0v) is 9.75. The second-order valence-corrected chi connectivity index (χ2v) is 4.28. The lowest BCUT2D eigenvalue weighted by Crippen LogP contribution is -2.21. The van der Waals surface area contributed by atoms with Gasteiger partial charge in [0, 0.05) is 16.6 Å². The van der Waals surface area contributed by atoms with Gasteiger partial charge in [-0.2, -0.15) is 0 Å². The van der Waals surface area contributed by atoms with Crippen LogP contribution in [0.1, 0.15) is 16.8 Å². The number of carbonyl (C=O) groups is 1. The van der Waals surface area contributed by atoms with Gasteiger partial charge < -0.3 is 5.32 Å². The van der Waals surface area contributed by atoms with Crippen molar-refractivity contribution < 1.29 is 4.79 Å². The topological polar surface area (TPSA) is 41.5 Å². The van der Waals surface area contributed by atoms with E-state index < -0.39 is 0 Å². The van der Waals surface area contributed by atoms with Crippen molar-refractivity contribution in [3.63, 3.8) is 0 Å². The van der Waals surface area contributed by atoms with Crippen LogP contribution in [-0.2, 0) is 0 Å². The zero-order chi connectivity index (χ0) is 10.7. The minimum Gasteiger partial charge on any atom is -0.372 e. The number of carbonyl (C=O) groups excluding carboxylic acids is 1. The van der Waals surface area contributed by atoms with Crippen molar-refractivity contribution in [2.45, 2.75) is 6.42 Å². The molecule has 0 saturated carbocycles. The number of benzene rings is 1.